The second kappa shape index (κ2) is 4.66. The number of nitrogens with two attached hydrogens (primary N) is 1. The van der Waals surface area contributed by atoms with Gasteiger partial charge in [0, 0.05) is 6.04 Å². The topological polar surface area (TPSA) is 63.3 Å². The van der Waals surface area contributed by atoms with Gasteiger partial charge in [0.25, 0.3) is 0 Å². The van der Waals surface area contributed by atoms with Crippen LogP contribution in [0.3, 0.4) is 0 Å². The molecule has 3 N–H and O–H groups in total. The molecule has 0 saturated heterocycles. The van der Waals surface area contributed by atoms with Crippen LogP contribution < -0.4 is 5.73 Å². The van der Waals surface area contributed by atoms with Gasteiger partial charge in [0.1, 0.15) is 0 Å². The first-order chi connectivity index (χ1) is 7.30. The van der Waals surface area contributed by atoms with E-state index in [4.69, 9.17) is 10.8 Å². The molecule has 1 unspecified atom stereocenters. The summed E-state index contributed by atoms with van der Waals surface area (Å²) in [7, 11) is 0. The molecule has 0 saturated carbocycles. The number of benzene rings is 1. The van der Waals surface area contributed by atoms with E-state index in [0.29, 0.717) is 0 Å². The second-order valence-electron chi connectivity index (χ2n) is 5.08. The number of hydrogen-bond donors (Lipinski definition) is 2. The molecule has 0 aromatic heterocycles. The quantitative estimate of drug-likeness (QED) is 0.824. The summed E-state index contributed by atoms with van der Waals surface area (Å²) in [6, 6.07) is 7.42. The molecule has 16 heavy (non-hydrogen) atoms. The zero-order valence-corrected chi connectivity index (χ0v) is 10.0. The van der Waals surface area contributed by atoms with Gasteiger partial charge in [-0.25, -0.2) is 0 Å². The summed E-state index contributed by atoms with van der Waals surface area (Å²) in [5.74, 6) is -0.868. The van der Waals surface area contributed by atoms with E-state index < -0.39 is 12.0 Å². The molecule has 0 aliphatic carbocycles. The Morgan fingerprint density at radius 2 is 1.81 bits per heavy atom. The Morgan fingerprint density at radius 1 is 1.31 bits per heavy atom. The van der Waals surface area contributed by atoms with Crippen LogP contribution >= 0.6 is 0 Å². The maximum atomic E-state index is 10.5. The van der Waals surface area contributed by atoms with E-state index in [1.807, 2.05) is 24.3 Å². The molecule has 88 valence electrons. The van der Waals surface area contributed by atoms with Gasteiger partial charge < -0.3 is 10.8 Å². The Balaban J connectivity index is 2.83. The molecule has 0 amide bonds. The lowest BCUT2D eigenvalue weighted by Gasteiger charge is -2.20. The summed E-state index contributed by atoms with van der Waals surface area (Å²) in [5, 5.41) is 8.65. The predicted molar refractivity (Wildman–Crippen MR) is 64.3 cm³/mol. The number of carbonyl (C=O) groups is 1. The summed E-state index contributed by atoms with van der Waals surface area (Å²) >= 11 is 0. The fourth-order valence-corrected chi connectivity index (χ4v) is 1.54. The van der Waals surface area contributed by atoms with Crippen LogP contribution in [0.5, 0.6) is 0 Å². The largest absolute Gasteiger partial charge is 0.481 e. The van der Waals surface area contributed by atoms with E-state index in [0.717, 1.165) is 5.56 Å². The molecule has 1 aromatic carbocycles. The Morgan fingerprint density at radius 3 is 2.19 bits per heavy atom. The molecular weight excluding hydrogens is 202 g/mol. The van der Waals surface area contributed by atoms with Crippen LogP contribution in [0.1, 0.15) is 44.4 Å². The van der Waals surface area contributed by atoms with Crippen LogP contribution in [0.25, 0.3) is 0 Å². The van der Waals surface area contributed by atoms with Crippen molar-refractivity contribution >= 4 is 5.97 Å². The van der Waals surface area contributed by atoms with Crippen molar-refractivity contribution in [3.63, 3.8) is 0 Å². The summed E-state index contributed by atoms with van der Waals surface area (Å²) in [6.07, 6.45) is -0.0329. The molecule has 0 spiro atoms. The minimum Gasteiger partial charge on any atom is -0.481 e. The zero-order chi connectivity index (χ0) is 12.3. The van der Waals surface area contributed by atoms with Crippen LogP contribution in [-0.2, 0) is 10.2 Å². The molecule has 3 heteroatoms. The summed E-state index contributed by atoms with van der Waals surface area (Å²) in [5.41, 5.74) is 7.97. The fraction of sp³-hybridized carbons (Fsp3) is 0.462. The number of hydrogen-bond acceptors (Lipinski definition) is 2. The van der Waals surface area contributed by atoms with Gasteiger partial charge in [-0.1, -0.05) is 45.0 Å². The third-order valence-corrected chi connectivity index (χ3v) is 2.60. The van der Waals surface area contributed by atoms with E-state index in [1.54, 1.807) is 0 Å². The van der Waals surface area contributed by atoms with Crippen LogP contribution in [-0.4, -0.2) is 11.1 Å². The molecule has 0 aliphatic heterocycles. The lowest BCUT2D eigenvalue weighted by Crippen LogP contribution is -2.16. The first-order valence-corrected chi connectivity index (χ1v) is 5.38. The van der Waals surface area contributed by atoms with Gasteiger partial charge in [0.2, 0.25) is 0 Å². The number of rotatable bonds is 3. The molecule has 1 atom stereocenters. The van der Waals surface area contributed by atoms with E-state index in [2.05, 4.69) is 20.8 Å². The van der Waals surface area contributed by atoms with Crippen molar-refractivity contribution in [3.05, 3.63) is 35.4 Å². The molecule has 0 bridgehead atoms. The maximum absolute atomic E-state index is 10.5. The lowest BCUT2D eigenvalue weighted by molar-refractivity contribution is -0.137. The van der Waals surface area contributed by atoms with E-state index in [9.17, 15) is 4.79 Å². The van der Waals surface area contributed by atoms with E-state index >= 15 is 0 Å². The highest BCUT2D eigenvalue weighted by Crippen LogP contribution is 2.24. The number of carboxylic acids is 1. The van der Waals surface area contributed by atoms with Gasteiger partial charge in [0.15, 0.2) is 0 Å². The van der Waals surface area contributed by atoms with Gasteiger partial charge in [0.05, 0.1) is 6.42 Å². The van der Waals surface area contributed by atoms with Crippen LogP contribution in [0.2, 0.25) is 0 Å². The summed E-state index contributed by atoms with van der Waals surface area (Å²) < 4.78 is 0. The van der Waals surface area contributed by atoms with Crippen LogP contribution in [0, 0.1) is 0 Å². The SMILES string of the molecule is CC(C)(C)c1ccc(C(N)CC(=O)O)cc1. The van der Waals surface area contributed by atoms with Gasteiger partial charge in [-0.3, -0.25) is 4.79 Å². The van der Waals surface area contributed by atoms with Crippen molar-refractivity contribution in [2.45, 2.75) is 38.6 Å². The van der Waals surface area contributed by atoms with Crippen molar-refractivity contribution in [3.8, 4) is 0 Å². The average molecular weight is 221 g/mol. The van der Waals surface area contributed by atoms with E-state index in [1.165, 1.54) is 5.56 Å². The van der Waals surface area contributed by atoms with Crippen molar-refractivity contribution in [1.29, 1.82) is 0 Å². The highest BCUT2D eigenvalue weighted by atomic mass is 16.4. The highest BCUT2D eigenvalue weighted by molar-refractivity contribution is 5.67. The molecule has 1 rings (SSSR count). The van der Waals surface area contributed by atoms with Crippen molar-refractivity contribution < 1.29 is 9.90 Å². The smallest absolute Gasteiger partial charge is 0.305 e. The molecule has 0 radical (unpaired) electrons. The average Bonchev–Trinajstić information content (AvgIpc) is 2.15. The lowest BCUT2D eigenvalue weighted by atomic mass is 9.86. The third kappa shape index (κ3) is 3.35. The van der Waals surface area contributed by atoms with Crippen molar-refractivity contribution in [2.24, 2.45) is 5.73 Å². The van der Waals surface area contributed by atoms with Crippen molar-refractivity contribution in [1.82, 2.24) is 0 Å². The summed E-state index contributed by atoms with van der Waals surface area (Å²) in [4.78, 5) is 10.5. The maximum Gasteiger partial charge on any atom is 0.305 e. The molecule has 0 heterocycles. The van der Waals surface area contributed by atoms with Gasteiger partial charge in [-0.2, -0.15) is 0 Å². The predicted octanol–water partition coefficient (Wildman–Crippen LogP) is 2.46. The Kier molecular flexibility index (Phi) is 3.70. The third-order valence-electron chi connectivity index (χ3n) is 2.60. The minimum atomic E-state index is -0.868. The monoisotopic (exact) mass is 221 g/mol. The van der Waals surface area contributed by atoms with Crippen LogP contribution in [0.4, 0.5) is 0 Å². The minimum absolute atomic E-state index is 0.0329. The molecule has 0 aliphatic rings. The molecule has 3 nitrogen and oxygen atoms in total. The van der Waals surface area contributed by atoms with Crippen molar-refractivity contribution in [2.75, 3.05) is 0 Å². The van der Waals surface area contributed by atoms with Gasteiger partial charge in [-0.05, 0) is 16.5 Å². The molecule has 0 fully saturated rings. The van der Waals surface area contributed by atoms with Gasteiger partial charge in [-0.15, -0.1) is 0 Å². The standard InChI is InChI=1S/C13H19NO2/c1-13(2,3)10-6-4-9(5-7-10)11(14)8-12(15)16/h4-7,11H,8,14H2,1-3H3,(H,15,16). The summed E-state index contributed by atoms with van der Waals surface area (Å²) in [6.45, 7) is 6.41. The first-order valence-electron chi connectivity index (χ1n) is 5.38. The number of aliphatic carboxylic acids is 1. The second-order valence-corrected chi connectivity index (χ2v) is 5.08. The van der Waals surface area contributed by atoms with Gasteiger partial charge >= 0.3 is 5.97 Å². The first kappa shape index (κ1) is 12.7. The zero-order valence-electron chi connectivity index (χ0n) is 10.0. The molecule has 1 aromatic rings. The Labute approximate surface area is 96.3 Å². The Bertz CT molecular complexity index is 363. The van der Waals surface area contributed by atoms with Crippen LogP contribution in [0.15, 0.2) is 24.3 Å². The fourth-order valence-electron chi connectivity index (χ4n) is 1.54. The number of carboxylic acid groups (broad SMARTS) is 1. The highest BCUT2D eigenvalue weighted by Gasteiger charge is 2.15. The molecular formula is C13H19NO2. The Hall–Kier alpha value is -1.35. The van der Waals surface area contributed by atoms with E-state index in [-0.39, 0.29) is 11.8 Å². The normalized spacial score (nSPS) is 13.5.